The molecule has 0 fully saturated rings. The maximum absolute atomic E-state index is 11.9. The first kappa shape index (κ1) is 12.7. The number of para-hydroxylation sites is 1. The molecule has 0 spiro atoms. The second-order valence-corrected chi connectivity index (χ2v) is 4.84. The molecule has 0 atom stereocenters. The highest BCUT2D eigenvalue weighted by molar-refractivity contribution is 6.32. The average Bonchev–Trinajstić information content (AvgIpc) is 2.79. The summed E-state index contributed by atoms with van der Waals surface area (Å²) in [6.45, 7) is 2.06. The van der Waals surface area contributed by atoms with Crippen LogP contribution < -0.4 is 10.3 Å². The highest BCUT2D eigenvalue weighted by atomic mass is 35.5. The number of hydrogen-bond donors (Lipinski definition) is 1. The fourth-order valence-electron chi connectivity index (χ4n) is 1.95. The standard InChI is InChI=1S/C14H12ClN3O2/c1-9-6-13-16-10(7-14(19)18(13)17-9)8-20-12-5-3-2-4-11(12)15/h2-7,17H,8H2,1H3. The van der Waals surface area contributed by atoms with Crippen LogP contribution in [0.2, 0.25) is 5.02 Å². The lowest BCUT2D eigenvalue weighted by atomic mass is 10.3. The molecule has 1 aromatic carbocycles. The summed E-state index contributed by atoms with van der Waals surface area (Å²) in [7, 11) is 0. The predicted octanol–water partition coefficient (Wildman–Crippen LogP) is 2.56. The van der Waals surface area contributed by atoms with Crippen molar-refractivity contribution in [2.45, 2.75) is 13.5 Å². The Morgan fingerprint density at radius 2 is 2.15 bits per heavy atom. The number of aryl methyl sites for hydroxylation is 1. The number of ether oxygens (including phenoxy) is 1. The molecule has 2 heterocycles. The third kappa shape index (κ3) is 2.40. The zero-order valence-electron chi connectivity index (χ0n) is 10.8. The Balaban J connectivity index is 1.88. The van der Waals surface area contributed by atoms with Crippen LogP contribution in [-0.4, -0.2) is 14.6 Å². The molecule has 0 aliphatic rings. The van der Waals surface area contributed by atoms with Crippen molar-refractivity contribution in [3.8, 4) is 5.75 Å². The molecule has 6 heteroatoms. The van der Waals surface area contributed by atoms with Crippen LogP contribution in [-0.2, 0) is 6.61 Å². The smallest absolute Gasteiger partial charge is 0.273 e. The van der Waals surface area contributed by atoms with E-state index in [4.69, 9.17) is 16.3 Å². The third-order valence-electron chi connectivity index (χ3n) is 2.84. The number of H-pyrrole nitrogens is 1. The van der Waals surface area contributed by atoms with Crippen LogP contribution in [0.1, 0.15) is 11.4 Å². The van der Waals surface area contributed by atoms with Crippen molar-refractivity contribution < 1.29 is 4.74 Å². The third-order valence-corrected chi connectivity index (χ3v) is 3.16. The number of hydrogen-bond acceptors (Lipinski definition) is 3. The van der Waals surface area contributed by atoms with Crippen molar-refractivity contribution in [1.82, 2.24) is 14.6 Å². The van der Waals surface area contributed by atoms with Gasteiger partial charge in [-0.1, -0.05) is 23.7 Å². The van der Waals surface area contributed by atoms with Gasteiger partial charge in [0.1, 0.15) is 12.4 Å². The topological polar surface area (TPSA) is 59.4 Å². The van der Waals surface area contributed by atoms with Gasteiger partial charge in [-0.3, -0.25) is 9.89 Å². The van der Waals surface area contributed by atoms with Crippen molar-refractivity contribution >= 4 is 17.2 Å². The zero-order valence-corrected chi connectivity index (χ0v) is 11.5. The lowest BCUT2D eigenvalue weighted by Crippen LogP contribution is -2.16. The Labute approximate surface area is 119 Å². The maximum Gasteiger partial charge on any atom is 0.273 e. The van der Waals surface area contributed by atoms with Crippen LogP contribution in [0.3, 0.4) is 0 Å². The van der Waals surface area contributed by atoms with Crippen molar-refractivity contribution in [2.75, 3.05) is 0 Å². The van der Waals surface area contributed by atoms with E-state index in [2.05, 4.69) is 10.1 Å². The van der Waals surface area contributed by atoms with Crippen LogP contribution in [0.15, 0.2) is 41.2 Å². The molecule has 0 saturated heterocycles. The van der Waals surface area contributed by atoms with E-state index in [0.29, 0.717) is 22.1 Å². The van der Waals surface area contributed by atoms with Gasteiger partial charge in [0.05, 0.1) is 10.7 Å². The molecule has 0 radical (unpaired) electrons. The molecule has 0 saturated carbocycles. The molecule has 102 valence electrons. The first-order valence-corrected chi connectivity index (χ1v) is 6.47. The number of benzene rings is 1. The summed E-state index contributed by atoms with van der Waals surface area (Å²) in [5.74, 6) is 0.571. The Morgan fingerprint density at radius 3 is 2.95 bits per heavy atom. The molecule has 3 aromatic rings. The van der Waals surface area contributed by atoms with Crippen molar-refractivity contribution in [3.63, 3.8) is 0 Å². The molecule has 5 nitrogen and oxygen atoms in total. The van der Waals surface area contributed by atoms with Gasteiger partial charge in [-0.15, -0.1) is 0 Å². The van der Waals surface area contributed by atoms with Gasteiger partial charge in [-0.25, -0.2) is 9.50 Å². The number of halogens is 1. The van der Waals surface area contributed by atoms with Crippen LogP contribution >= 0.6 is 11.6 Å². The van der Waals surface area contributed by atoms with Gasteiger partial charge in [0, 0.05) is 17.8 Å². The molecule has 0 bridgehead atoms. The van der Waals surface area contributed by atoms with Gasteiger partial charge in [-0.2, -0.15) is 0 Å². The number of nitrogens with zero attached hydrogens (tertiary/aromatic N) is 2. The van der Waals surface area contributed by atoms with E-state index in [1.165, 1.54) is 10.6 Å². The Bertz CT molecular complexity index is 823. The molecule has 0 aliphatic carbocycles. The second kappa shape index (κ2) is 5.02. The maximum atomic E-state index is 11.9. The van der Waals surface area contributed by atoms with Gasteiger partial charge in [0.25, 0.3) is 5.56 Å². The van der Waals surface area contributed by atoms with Gasteiger partial charge in [0.2, 0.25) is 0 Å². The summed E-state index contributed by atoms with van der Waals surface area (Å²) in [4.78, 5) is 16.3. The van der Waals surface area contributed by atoms with E-state index < -0.39 is 0 Å². The fourth-order valence-corrected chi connectivity index (χ4v) is 2.14. The number of aromatic nitrogens is 3. The number of rotatable bonds is 3. The Kier molecular flexibility index (Phi) is 3.20. The summed E-state index contributed by atoms with van der Waals surface area (Å²) < 4.78 is 6.98. The quantitative estimate of drug-likeness (QED) is 0.806. The predicted molar refractivity (Wildman–Crippen MR) is 76.3 cm³/mol. The minimum absolute atomic E-state index is 0.166. The molecule has 0 amide bonds. The van der Waals surface area contributed by atoms with Gasteiger partial charge in [-0.05, 0) is 19.1 Å². The minimum atomic E-state index is -0.166. The molecular weight excluding hydrogens is 278 g/mol. The highest BCUT2D eigenvalue weighted by Gasteiger charge is 2.06. The van der Waals surface area contributed by atoms with Crippen LogP contribution in [0.25, 0.3) is 5.65 Å². The summed E-state index contributed by atoms with van der Waals surface area (Å²) in [6, 6.07) is 10.4. The van der Waals surface area contributed by atoms with Crippen LogP contribution in [0.4, 0.5) is 0 Å². The summed E-state index contributed by atoms with van der Waals surface area (Å²) in [5.41, 5.74) is 1.85. The molecule has 0 aliphatic heterocycles. The normalized spacial score (nSPS) is 10.9. The van der Waals surface area contributed by atoms with E-state index >= 15 is 0 Å². The lowest BCUT2D eigenvalue weighted by Gasteiger charge is -2.07. The number of aromatic amines is 1. The molecular formula is C14H12ClN3O2. The molecule has 0 unspecified atom stereocenters. The fraction of sp³-hybridized carbons (Fsp3) is 0.143. The average molecular weight is 290 g/mol. The number of nitrogens with one attached hydrogen (secondary N) is 1. The number of fused-ring (bicyclic) bond motifs is 1. The van der Waals surface area contributed by atoms with E-state index in [9.17, 15) is 4.79 Å². The molecule has 1 N–H and O–H groups in total. The monoisotopic (exact) mass is 289 g/mol. The first-order chi connectivity index (χ1) is 9.63. The van der Waals surface area contributed by atoms with Crippen molar-refractivity contribution in [3.05, 3.63) is 63.2 Å². The SMILES string of the molecule is Cc1cc2nc(COc3ccccc3Cl)cc(=O)n2[nH]1. The molecule has 20 heavy (non-hydrogen) atoms. The molecule has 2 aromatic heterocycles. The van der Waals surface area contributed by atoms with Gasteiger partial charge < -0.3 is 4.74 Å². The van der Waals surface area contributed by atoms with Crippen LogP contribution in [0, 0.1) is 6.92 Å². The largest absolute Gasteiger partial charge is 0.486 e. The second-order valence-electron chi connectivity index (χ2n) is 4.44. The molecule has 3 rings (SSSR count). The van der Waals surface area contributed by atoms with Crippen LogP contribution in [0.5, 0.6) is 5.75 Å². The summed E-state index contributed by atoms with van der Waals surface area (Å²) in [5, 5.41) is 3.45. The zero-order chi connectivity index (χ0) is 14.1. The first-order valence-electron chi connectivity index (χ1n) is 6.09. The van der Waals surface area contributed by atoms with Crippen molar-refractivity contribution in [2.24, 2.45) is 0 Å². The lowest BCUT2D eigenvalue weighted by molar-refractivity contribution is 0.301. The summed E-state index contributed by atoms with van der Waals surface area (Å²) >= 11 is 6.00. The summed E-state index contributed by atoms with van der Waals surface area (Å²) in [6.07, 6.45) is 0. The van der Waals surface area contributed by atoms with E-state index in [1.807, 2.05) is 19.1 Å². The van der Waals surface area contributed by atoms with E-state index in [0.717, 1.165) is 5.69 Å². The Morgan fingerprint density at radius 1 is 1.35 bits per heavy atom. The van der Waals surface area contributed by atoms with Crippen molar-refractivity contribution in [1.29, 1.82) is 0 Å². The highest BCUT2D eigenvalue weighted by Crippen LogP contribution is 2.23. The van der Waals surface area contributed by atoms with Gasteiger partial charge >= 0.3 is 0 Å². The van der Waals surface area contributed by atoms with Gasteiger partial charge in [0.15, 0.2) is 5.65 Å². The van der Waals surface area contributed by atoms with E-state index in [1.54, 1.807) is 18.2 Å². The Hall–Kier alpha value is -2.27. The minimum Gasteiger partial charge on any atom is -0.486 e. The van der Waals surface area contributed by atoms with E-state index in [-0.39, 0.29) is 12.2 Å².